The van der Waals surface area contributed by atoms with Gasteiger partial charge in [-0.3, -0.25) is 4.79 Å². The van der Waals surface area contributed by atoms with E-state index in [1.807, 2.05) is 18.2 Å². The summed E-state index contributed by atoms with van der Waals surface area (Å²) < 4.78 is 1.52. The van der Waals surface area contributed by atoms with Crippen LogP contribution in [0.25, 0.3) is 5.69 Å². The first-order valence-electron chi connectivity index (χ1n) is 8.96. The highest BCUT2D eigenvalue weighted by Crippen LogP contribution is 2.30. The van der Waals surface area contributed by atoms with Gasteiger partial charge in [-0.2, -0.15) is 4.68 Å². The molecule has 0 bridgehead atoms. The Hall–Kier alpha value is -2.53. The Kier molecular flexibility index (Phi) is 6.71. The van der Waals surface area contributed by atoms with E-state index in [2.05, 4.69) is 47.5 Å². The topological polar surface area (TPSA) is 72.7 Å². The number of nitrogens with zero attached hydrogens (tertiary/aromatic N) is 4. The van der Waals surface area contributed by atoms with Crippen LogP contribution in [0.3, 0.4) is 0 Å². The lowest BCUT2D eigenvalue weighted by atomic mass is 9.87. The van der Waals surface area contributed by atoms with Gasteiger partial charge in [-0.25, -0.2) is 0 Å². The Bertz CT molecular complexity index is 1130. The molecule has 1 amide bonds. The lowest BCUT2D eigenvalue weighted by molar-refractivity contribution is -0.113. The van der Waals surface area contributed by atoms with E-state index in [1.54, 1.807) is 18.2 Å². The number of hydrogen-bond acceptors (Lipinski definition) is 5. The van der Waals surface area contributed by atoms with Crippen molar-refractivity contribution >= 4 is 46.6 Å². The fraction of sp³-hybridized carbons (Fsp3) is 0.238. The number of thioether (sulfide) groups is 1. The van der Waals surface area contributed by atoms with E-state index in [1.165, 1.54) is 16.4 Å². The molecule has 0 saturated carbocycles. The van der Waals surface area contributed by atoms with Crippen LogP contribution in [-0.2, 0) is 10.2 Å². The molecule has 3 rings (SSSR count). The van der Waals surface area contributed by atoms with Crippen LogP contribution in [-0.4, -0.2) is 31.9 Å². The predicted octanol–water partition coefficient (Wildman–Crippen LogP) is 4.98. The van der Waals surface area contributed by atoms with Gasteiger partial charge in [0.15, 0.2) is 0 Å². The number of tetrazole rings is 1. The molecule has 0 radical (unpaired) electrons. The fourth-order valence-corrected chi connectivity index (χ4v) is 3.76. The largest absolute Gasteiger partial charge is 0.324 e. The van der Waals surface area contributed by atoms with Crippen LogP contribution in [0.4, 0.5) is 5.69 Å². The molecule has 1 aromatic heterocycles. The third-order valence-electron chi connectivity index (χ3n) is 4.22. The third kappa shape index (κ3) is 5.14. The minimum Gasteiger partial charge on any atom is -0.324 e. The number of rotatable bonds is 5. The number of terminal acetylenes is 1. The monoisotopic (exact) mass is 459 g/mol. The maximum Gasteiger partial charge on any atom is 0.234 e. The number of amides is 1. The lowest BCUT2D eigenvalue weighted by Gasteiger charge is -2.20. The van der Waals surface area contributed by atoms with Crippen molar-refractivity contribution in [1.82, 2.24) is 20.2 Å². The van der Waals surface area contributed by atoms with E-state index in [-0.39, 0.29) is 17.1 Å². The van der Waals surface area contributed by atoms with Crippen LogP contribution < -0.4 is 5.32 Å². The average molecular weight is 460 g/mol. The van der Waals surface area contributed by atoms with Gasteiger partial charge in [0.2, 0.25) is 11.1 Å². The van der Waals surface area contributed by atoms with Crippen LogP contribution in [0, 0.1) is 12.3 Å². The molecule has 1 N–H and O–H groups in total. The van der Waals surface area contributed by atoms with Crippen molar-refractivity contribution in [2.24, 2.45) is 0 Å². The van der Waals surface area contributed by atoms with Gasteiger partial charge in [0.1, 0.15) is 0 Å². The van der Waals surface area contributed by atoms with Gasteiger partial charge < -0.3 is 5.32 Å². The van der Waals surface area contributed by atoms with Gasteiger partial charge >= 0.3 is 0 Å². The molecule has 2 aromatic carbocycles. The van der Waals surface area contributed by atoms with Crippen molar-refractivity contribution in [3.63, 3.8) is 0 Å². The van der Waals surface area contributed by atoms with Crippen molar-refractivity contribution < 1.29 is 4.79 Å². The summed E-state index contributed by atoms with van der Waals surface area (Å²) >= 11 is 13.8. The summed E-state index contributed by atoms with van der Waals surface area (Å²) in [6.45, 7) is 6.34. The lowest BCUT2D eigenvalue weighted by Crippen LogP contribution is -2.15. The summed E-state index contributed by atoms with van der Waals surface area (Å²) in [4.78, 5) is 12.3. The second-order valence-corrected chi connectivity index (χ2v) is 9.22. The highest BCUT2D eigenvalue weighted by Gasteiger charge is 2.18. The summed E-state index contributed by atoms with van der Waals surface area (Å²) in [6.07, 6.45) is 5.34. The minimum atomic E-state index is -0.251. The molecular formula is C21H19Cl2N5OS. The first-order chi connectivity index (χ1) is 14.2. The number of hydrogen-bond donors (Lipinski definition) is 1. The van der Waals surface area contributed by atoms with E-state index in [0.29, 0.717) is 32.1 Å². The number of carbonyl (C=O) groups excluding carboxylic acids is 1. The number of carbonyl (C=O) groups is 1. The number of anilines is 1. The maximum absolute atomic E-state index is 12.3. The van der Waals surface area contributed by atoms with Gasteiger partial charge in [-0.05, 0) is 51.7 Å². The van der Waals surface area contributed by atoms with E-state index in [9.17, 15) is 4.79 Å². The summed E-state index contributed by atoms with van der Waals surface area (Å²) in [5.74, 6) is 2.33. The minimum absolute atomic E-state index is 0.0296. The molecule has 0 aliphatic heterocycles. The van der Waals surface area contributed by atoms with Crippen molar-refractivity contribution in [1.29, 1.82) is 0 Å². The predicted molar refractivity (Wildman–Crippen MR) is 122 cm³/mol. The second-order valence-electron chi connectivity index (χ2n) is 7.47. The van der Waals surface area contributed by atoms with Crippen LogP contribution in [0.1, 0.15) is 31.9 Å². The quantitative estimate of drug-likeness (QED) is 0.430. The Labute approximate surface area is 189 Å². The van der Waals surface area contributed by atoms with Crippen molar-refractivity contribution in [3.8, 4) is 18.0 Å². The van der Waals surface area contributed by atoms with Crippen LogP contribution >= 0.6 is 35.0 Å². The molecular weight excluding hydrogens is 441 g/mol. The number of aromatic nitrogens is 4. The summed E-state index contributed by atoms with van der Waals surface area (Å²) in [5, 5.41) is 15.8. The van der Waals surface area contributed by atoms with E-state index >= 15 is 0 Å². The number of nitrogens with one attached hydrogen (secondary N) is 1. The smallest absolute Gasteiger partial charge is 0.234 e. The Morgan fingerprint density at radius 3 is 2.60 bits per heavy atom. The first-order valence-corrected chi connectivity index (χ1v) is 10.7. The van der Waals surface area contributed by atoms with Gasteiger partial charge in [0.25, 0.3) is 0 Å². The molecule has 0 aliphatic carbocycles. The molecule has 0 saturated heterocycles. The molecule has 0 aliphatic rings. The standard InChI is InChI=1S/C21H19Cl2N5OS/c1-5-13-6-8-17(15(22)10-13)24-19(29)12-30-20-25-26-27-28(20)18-9-7-14(11-16(18)23)21(2,3)4/h1,6-11H,12H2,2-4H3,(H,24,29). The van der Waals surface area contributed by atoms with Crippen LogP contribution in [0.15, 0.2) is 41.6 Å². The zero-order chi connectivity index (χ0) is 21.9. The molecule has 1 heterocycles. The Morgan fingerprint density at radius 1 is 1.20 bits per heavy atom. The molecule has 0 atom stereocenters. The third-order valence-corrected chi connectivity index (χ3v) is 5.76. The molecule has 154 valence electrons. The highest BCUT2D eigenvalue weighted by molar-refractivity contribution is 7.99. The molecule has 6 nitrogen and oxygen atoms in total. The maximum atomic E-state index is 12.3. The molecule has 0 unspecified atom stereocenters. The normalized spacial score (nSPS) is 11.2. The van der Waals surface area contributed by atoms with Gasteiger partial charge in [-0.15, -0.1) is 11.5 Å². The molecule has 30 heavy (non-hydrogen) atoms. The average Bonchev–Trinajstić information content (AvgIpc) is 3.15. The van der Waals surface area contributed by atoms with E-state index < -0.39 is 0 Å². The van der Waals surface area contributed by atoms with Gasteiger partial charge in [-0.1, -0.05) is 67.7 Å². The van der Waals surface area contributed by atoms with Gasteiger partial charge in [0, 0.05) is 5.56 Å². The SMILES string of the molecule is C#Cc1ccc(NC(=O)CSc2nnnn2-c2ccc(C(C)(C)C)cc2Cl)c(Cl)c1. The van der Waals surface area contributed by atoms with Crippen molar-refractivity contribution in [2.75, 3.05) is 11.1 Å². The number of halogens is 2. The van der Waals surface area contributed by atoms with Crippen molar-refractivity contribution in [2.45, 2.75) is 31.3 Å². The second kappa shape index (κ2) is 9.09. The molecule has 0 fully saturated rings. The molecule has 9 heteroatoms. The summed E-state index contributed by atoms with van der Waals surface area (Å²) in [7, 11) is 0. The van der Waals surface area contributed by atoms with Crippen molar-refractivity contribution in [3.05, 3.63) is 57.6 Å². The van der Waals surface area contributed by atoms with E-state index in [0.717, 1.165) is 5.56 Å². The Balaban J connectivity index is 1.71. The molecule has 0 spiro atoms. The Morgan fingerprint density at radius 2 is 1.97 bits per heavy atom. The fourth-order valence-electron chi connectivity index (χ4n) is 2.59. The van der Waals surface area contributed by atoms with E-state index in [4.69, 9.17) is 29.6 Å². The van der Waals surface area contributed by atoms with Crippen LogP contribution in [0.5, 0.6) is 0 Å². The summed E-state index contributed by atoms with van der Waals surface area (Å²) in [6, 6.07) is 10.8. The van der Waals surface area contributed by atoms with Crippen LogP contribution in [0.2, 0.25) is 10.0 Å². The number of benzene rings is 2. The zero-order valence-electron chi connectivity index (χ0n) is 16.6. The zero-order valence-corrected chi connectivity index (χ0v) is 18.9. The summed E-state index contributed by atoms with van der Waals surface area (Å²) in [5.41, 5.74) is 2.84. The molecule has 3 aromatic rings. The first kappa shape index (κ1) is 22.2. The highest BCUT2D eigenvalue weighted by atomic mass is 35.5. The van der Waals surface area contributed by atoms with Gasteiger partial charge in [0.05, 0.1) is 27.2 Å².